The van der Waals surface area contributed by atoms with Crippen LogP contribution in [0.5, 0.6) is 0 Å². The lowest BCUT2D eigenvalue weighted by molar-refractivity contribution is -0.167. The lowest BCUT2D eigenvalue weighted by atomic mass is 10.0. The van der Waals surface area contributed by atoms with Crippen LogP contribution >= 0.6 is 0 Å². The maximum absolute atomic E-state index is 12.9. The molecular weight excluding hydrogens is 997 g/mol. The van der Waals surface area contributed by atoms with Crippen LogP contribution in [0.25, 0.3) is 0 Å². The van der Waals surface area contributed by atoms with E-state index in [0.29, 0.717) is 19.3 Å². The van der Waals surface area contributed by atoms with Crippen LogP contribution in [-0.2, 0) is 28.6 Å². The minimum Gasteiger partial charge on any atom is -0.462 e. The highest BCUT2D eigenvalue weighted by atomic mass is 16.6. The third-order valence-corrected chi connectivity index (χ3v) is 14.8. The van der Waals surface area contributed by atoms with E-state index in [1.807, 2.05) is 0 Å². The van der Waals surface area contributed by atoms with Gasteiger partial charge in [-0.25, -0.2) is 0 Å². The Labute approximate surface area is 501 Å². The van der Waals surface area contributed by atoms with Crippen LogP contribution in [0.15, 0.2) is 109 Å². The highest BCUT2D eigenvalue weighted by Gasteiger charge is 2.19. The third-order valence-electron chi connectivity index (χ3n) is 14.8. The van der Waals surface area contributed by atoms with Crippen molar-refractivity contribution < 1.29 is 28.6 Å². The first-order valence-electron chi connectivity index (χ1n) is 34.4. The predicted octanol–water partition coefficient (Wildman–Crippen LogP) is 23.8. The molecular formula is C75H128O6. The molecule has 0 amide bonds. The topological polar surface area (TPSA) is 78.9 Å². The van der Waals surface area contributed by atoms with Crippen LogP contribution in [-0.4, -0.2) is 37.2 Å². The van der Waals surface area contributed by atoms with Crippen LogP contribution in [0.3, 0.4) is 0 Å². The van der Waals surface area contributed by atoms with Crippen molar-refractivity contribution in [2.24, 2.45) is 0 Å². The summed E-state index contributed by atoms with van der Waals surface area (Å²) in [5.74, 6) is -0.886. The highest BCUT2D eigenvalue weighted by molar-refractivity contribution is 5.71. The van der Waals surface area contributed by atoms with Gasteiger partial charge in [-0.1, -0.05) is 316 Å². The van der Waals surface area contributed by atoms with Gasteiger partial charge < -0.3 is 14.2 Å². The maximum Gasteiger partial charge on any atom is 0.306 e. The largest absolute Gasteiger partial charge is 0.462 e. The van der Waals surface area contributed by atoms with Gasteiger partial charge in [-0.2, -0.15) is 0 Å². The quantitative estimate of drug-likeness (QED) is 0.0261. The Morgan fingerprint density at radius 2 is 0.481 bits per heavy atom. The Morgan fingerprint density at radius 3 is 0.753 bits per heavy atom. The van der Waals surface area contributed by atoms with Crippen molar-refractivity contribution in [1.29, 1.82) is 0 Å². The van der Waals surface area contributed by atoms with E-state index in [-0.39, 0.29) is 31.1 Å². The minimum absolute atomic E-state index is 0.0819. The van der Waals surface area contributed by atoms with Crippen molar-refractivity contribution in [3.63, 3.8) is 0 Å². The molecule has 0 aliphatic heterocycles. The molecule has 0 aromatic heterocycles. The summed E-state index contributed by atoms with van der Waals surface area (Å²) in [4.78, 5) is 38.4. The van der Waals surface area contributed by atoms with E-state index in [4.69, 9.17) is 14.2 Å². The van der Waals surface area contributed by atoms with E-state index in [0.717, 1.165) is 135 Å². The van der Waals surface area contributed by atoms with Gasteiger partial charge in [0.2, 0.25) is 0 Å². The molecule has 0 fully saturated rings. The van der Waals surface area contributed by atoms with Crippen molar-refractivity contribution in [3.05, 3.63) is 109 Å². The lowest BCUT2D eigenvalue weighted by Crippen LogP contribution is -2.30. The van der Waals surface area contributed by atoms with Crippen molar-refractivity contribution in [3.8, 4) is 0 Å². The van der Waals surface area contributed by atoms with Crippen LogP contribution in [0, 0.1) is 0 Å². The molecule has 0 saturated carbocycles. The van der Waals surface area contributed by atoms with E-state index in [1.165, 1.54) is 154 Å². The fourth-order valence-electron chi connectivity index (χ4n) is 9.70. The summed E-state index contributed by atoms with van der Waals surface area (Å²) in [6, 6.07) is 0. The van der Waals surface area contributed by atoms with Crippen LogP contribution in [0.4, 0.5) is 0 Å². The van der Waals surface area contributed by atoms with Crippen molar-refractivity contribution in [2.75, 3.05) is 13.2 Å². The second-order valence-electron chi connectivity index (χ2n) is 22.7. The molecule has 0 aromatic rings. The first-order chi connectivity index (χ1) is 40.0. The zero-order chi connectivity index (χ0) is 58.5. The second-order valence-corrected chi connectivity index (χ2v) is 22.7. The second kappa shape index (κ2) is 68.6. The molecule has 0 radical (unpaired) electrons. The third kappa shape index (κ3) is 66.8. The first-order valence-corrected chi connectivity index (χ1v) is 34.4. The molecule has 0 spiro atoms. The number of carbonyl (C=O) groups is 3. The molecule has 0 heterocycles. The average molecular weight is 1130 g/mol. The molecule has 1 unspecified atom stereocenters. The molecule has 0 saturated heterocycles. The van der Waals surface area contributed by atoms with Gasteiger partial charge in [0.25, 0.3) is 0 Å². The minimum atomic E-state index is -0.786. The Bertz CT molecular complexity index is 1620. The molecule has 0 N–H and O–H groups in total. The Morgan fingerprint density at radius 1 is 0.259 bits per heavy atom. The Kier molecular flexibility index (Phi) is 65.2. The fourth-order valence-corrected chi connectivity index (χ4v) is 9.70. The van der Waals surface area contributed by atoms with E-state index >= 15 is 0 Å². The zero-order valence-corrected chi connectivity index (χ0v) is 53.3. The van der Waals surface area contributed by atoms with E-state index in [2.05, 4.69) is 130 Å². The van der Waals surface area contributed by atoms with Crippen molar-refractivity contribution in [2.45, 2.75) is 335 Å². The van der Waals surface area contributed by atoms with Crippen molar-refractivity contribution in [1.82, 2.24) is 0 Å². The maximum atomic E-state index is 12.9. The zero-order valence-electron chi connectivity index (χ0n) is 53.3. The molecule has 464 valence electrons. The molecule has 81 heavy (non-hydrogen) atoms. The SMILES string of the molecule is CC/C=C\C/C=C\C/C=C\C/C=C\C/C=C\C/C=C\CCCCCCCCCCCCCCC(=O)OCC(COC(=O)CCCCCCC/C=C\C/C=C\C/C=C\CC)OC(=O)CCCCCCCCCCCCCCCCCCC. The molecule has 0 aromatic carbocycles. The number of allylic oxidation sites excluding steroid dienone is 18. The normalized spacial score (nSPS) is 12.8. The number of unbranched alkanes of at least 4 members (excludes halogenated alkanes) is 33. The number of hydrogen-bond donors (Lipinski definition) is 0. The van der Waals surface area contributed by atoms with Gasteiger partial charge in [-0.15, -0.1) is 0 Å². The smallest absolute Gasteiger partial charge is 0.306 e. The van der Waals surface area contributed by atoms with Crippen LogP contribution in [0.1, 0.15) is 329 Å². The predicted molar refractivity (Wildman–Crippen MR) is 353 cm³/mol. The van der Waals surface area contributed by atoms with Crippen molar-refractivity contribution >= 4 is 17.9 Å². The van der Waals surface area contributed by atoms with Crippen LogP contribution < -0.4 is 0 Å². The molecule has 0 rings (SSSR count). The number of rotatable bonds is 62. The molecule has 1 atom stereocenters. The van der Waals surface area contributed by atoms with Gasteiger partial charge in [-0.05, 0) is 103 Å². The summed E-state index contributed by atoms with van der Waals surface area (Å²) in [5, 5.41) is 0. The summed E-state index contributed by atoms with van der Waals surface area (Å²) >= 11 is 0. The molecule has 6 nitrogen and oxygen atoms in total. The number of hydrogen-bond acceptors (Lipinski definition) is 6. The van der Waals surface area contributed by atoms with Gasteiger partial charge in [0, 0.05) is 19.3 Å². The summed E-state index contributed by atoms with van der Waals surface area (Å²) in [7, 11) is 0. The number of ether oxygens (including phenoxy) is 3. The molecule has 0 aliphatic rings. The highest BCUT2D eigenvalue weighted by Crippen LogP contribution is 2.17. The summed E-state index contributed by atoms with van der Waals surface area (Å²) in [5.41, 5.74) is 0. The Balaban J connectivity index is 4.27. The van der Waals surface area contributed by atoms with Gasteiger partial charge >= 0.3 is 17.9 Å². The number of carbonyl (C=O) groups excluding carboxylic acids is 3. The molecule has 0 aliphatic carbocycles. The fraction of sp³-hybridized carbons (Fsp3) is 0.720. The van der Waals surface area contributed by atoms with Gasteiger partial charge in [-0.3, -0.25) is 14.4 Å². The van der Waals surface area contributed by atoms with Crippen LogP contribution in [0.2, 0.25) is 0 Å². The van der Waals surface area contributed by atoms with Gasteiger partial charge in [0.05, 0.1) is 0 Å². The van der Waals surface area contributed by atoms with Gasteiger partial charge in [0.15, 0.2) is 6.10 Å². The monoisotopic (exact) mass is 1120 g/mol. The Hall–Kier alpha value is -3.93. The van der Waals surface area contributed by atoms with E-state index in [9.17, 15) is 14.4 Å². The first kappa shape index (κ1) is 77.1. The van der Waals surface area contributed by atoms with E-state index in [1.54, 1.807) is 0 Å². The number of esters is 3. The summed E-state index contributed by atoms with van der Waals surface area (Å²) in [6.07, 6.45) is 93.9. The molecule has 6 heteroatoms. The summed E-state index contributed by atoms with van der Waals surface area (Å²) < 4.78 is 17.0. The standard InChI is InChI=1S/C75H128O6/c1-4-7-10-13-16-19-22-25-28-30-31-32-33-34-35-36-37-38-39-40-41-42-43-45-47-50-53-56-59-62-65-68-74(77)80-71-72(70-79-73(76)67-64-61-58-55-52-49-46-27-24-21-18-15-12-9-6-3)81-75(78)69-66-63-60-57-54-51-48-44-29-26-23-20-17-14-11-8-5-2/h7,9-10,12,16,18-19,21,25,27-28,31-32,34-35,37-38,46,72H,4-6,8,11,13-15,17,20,22-24,26,29-30,33,36,39-45,47-71H2,1-3H3/b10-7-,12-9-,19-16-,21-18-,28-25-,32-31-,35-34-,38-37-,46-27-. The van der Waals surface area contributed by atoms with Gasteiger partial charge in [0.1, 0.15) is 13.2 Å². The summed E-state index contributed by atoms with van der Waals surface area (Å²) in [6.45, 7) is 6.44. The lowest BCUT2D eigenvalue weighted by Gasteiger charge is -2.18. The van der Waals surface area contributed by atoms with E-state index < -0.39 is 6.10 Å². The average Bonchev–Trinajstić information content (AvgIpc) is 3.47. The molecule has 0 bridgehead atoms.